The molecule has 0 fully saturated rings. The van der Waals surface area contributed by atoms with Crippen LogP contribution in [-0.2, 0) is 6.42 Å². The van der Waals surface area contributed by atoms with Crippen LogP contribution in [0.2, 0.25) is 0 Å². The van der Waals surface area contributed by atoms with Gasteiger partial charge in [-0.25, -0.2) is 22.0 Å². The lowest BCUT2D eigenvalue weighted by Crippen LogP contribution is -2.01. The van der Waals surface area contributed by atoms with Gasteiger partial charge in [0.15, 0.2) is 0 Å². The zero-order valence-corrected chi connectivity index (χ0v) is 16.6. The third kappa shape index (κ3) is 5.18. The fourth-order valence-corrected chi connectivity index (χ4v) is 3.31. The first-order valence-corrected chi connectivity index (χ1v) is 9.53. The van der Waals surface area contributed by atoms with Crippen LogP contribution in [0.15, 0.2) is 48.5 Å². The first-order valence-electron chi connectivity index (χ1n) is 9.53. The van der Waals surface area contributed by atoms with E-state index in [1.807, 2.05) is 6.92 Å². The van der Waals surface area contributed by atoms with E-state index in [1.165, 1.54) is 12.1 Å². The van der Waals surface area contributed by atoms with Gasteiger partial charge in [0, 0.05) is 17.2 Å². The van der Waals surface area contributed by atoms with E-state index in [2.05, 4.69) is 0 Å². The molecule has 0 bridgehead atoms. The number of benzene rings is 3. The summed E-state index contributed by atoms with van der Waals surface area (Å²) in [7, 11) is 0. The highest BCUT2D eigenvalue weighted by Gasteiger charge is 2.23. The molecule has 0 saturated heterocycles. The van der Waals surface area contributed by atoms with Gasteiger partial charge in [-0.1, -0.05) is 25.5 Å². The summed E-state index contributed by atoms with van der Waals surface area (Å²) in [6, 6.07) is 6.98. The van der Waals surface area contributed by atoms with E-state index in [0.29, 0.717) is 18.6 Å². The lowest BCUT2D eigenvalue weighted by atomic mass is 9.96. The van der Waals surface area contributed by atoms with Gasteiger partial charge in [-0.3, -0.25) is 0 Å². The lowest BCUT2D eigenvalue weighted by molar-refractivity contribution is -0.0790. The fourth-order valence-electron chi connectivity index (χ4n) is 3.31. The van der Waals surface area contributed by atoms with Gasteiger partial charge in [0.2, 0.25) is 0 Å². The summed E-state index contributed by atoms with van der Waals surface area (Å²) in [4.78, 5) is 0. The van der Waals surface area contributed by atoms with Crippen LogP contribution in [0.25, 0.3) is 28.3 Å². The Kier molecular flexibility index (Phi) is 6.71. The number of hydrogen-bond donors (Lipinski definition) is 0. The maximum Gasteiger partial charge on any atom is 0.409 e. The molecule has 3 rings (SSSR count). The molecule has 0 aromatic heterocycles. The Hall–Kier alpha value is -3.16. The second-order valence-corrected chi connectivity index (χ2v) is 7.11. The maximum atomic E-state index is 14.7. The molecule has 0 heterocycles. The Morgan fingerprint density at radius 3 is 1.78 bits per heavy atom. The van der Waals surface area contributed by atoms with E-state index in [1.54, 1.807) is 6.07 Å². The van der Waals surface area contributed by atoms with Crippen LogP contribution in [0.3, 0.4) is 0 Å². The second kappa shape index (κ2) is 9.14. The molecule has 0 unspecified atom stereocenters. The molecule has 0 N–H and O–H groups in total. The molecule has 0 aliphatic carbocycles. The number of allylic oxidation sites excluding steroid dienone is 1. The van der Waals surface area contributed by atoms with Crippen LogP contribution in [0.1, 0.15) is 24.5 Å². The van der Waals surface area contributed by atoms with Crippen molar-refractivity contribution in [2.75, 3.05) is 0 Å². The van der Waals surface area contributed by atoms with Crippen molar-refractivity contribution in [3.8, 4) is 22.3 Å². The molecule has 0 spiro atoms. The van der Waals surface area contributed by atoms with Gasteiger partial charge in [-0.05, 0) is 59.5 Å². The molecule has 0 aliphatic heterocycles. The minimum absolute atomic E-state index is 0.0563. The average molecular weight is 456 g/mol. The average Bonchev–Trinajstić information content (AvgIpc) is 2.66. The summed E-state index contributed by atoms with van der Waals surface area (Å²) < 4.78 is 109. The molecule has 3 aromatic carbocycles. The van der Waals surface area contributed by atoms with Crippen LogP contribution in [0, 0.1) is 29.1 Å². The first-order chi connectivity index (χ1) is 15.0. The molecule has 0 amide bonds. The van der Waals surface area contributed by atoms with Crippen LogP contribution < -0.4 is 0 Å². The molecular weight excluding hydrogens is 440 g/mol. The van der Waals surface area contributed by atoms with Crippen molar-refractivity contribution in [2.45, 2.75) is 25.9 Å². The second-order valence-electron chi connectivity index (χ2n) is 7.11. The number of hydrogen-bond acceptors (Lipinski definition) is 0. The Morgan fingerprint density at radius 2 is 1.28 bits per heavy atom. The maximum absolute atomic E-state index is 14.7. The molecular formula is C24H16F8. The number of rotatable bonds is 5. The monoisotopic (exact) mass is 456 g/mol. The fraction of sp³-hybridized carbons (Fsp3) is 0.167. The molecule has 0 atom stereocenters. The summed E-state index contributed by atoms with van der Waals surface area (Å²) in [5.41, 5.74) is -1.80. The van der Waals surface area contributed by atoms with Gasteiger partial charge < -0.3 is 0 Å². The van der Waals surface area contributed by atoms with E-state index >= 15 is 0 Å². The van der Waals surface area contributed by atoms with Gasteiger partial charge in [0.25, 0.3) is 0 Å². The molecule has 0 nitrogen and oxygen atoms in total. The Morgan fingerprint density at radius 1 is 0.719 bits per heavy atom. The number of alkyl halides is 3. The predicted octanol–water partition coefficient (Wildman–Crippen LogP) is 8.24. The van der Waals surface area contributed by atoms with Gasteiger partial charge in [-0.15, -0.1) is 0 Å². The third-order valence-corrected chi connectivity index (χ3v) is 4.73. The van der Waals surface area contributed by atoms with Gasteiger partial charge in [0.05, 0.1) is 5.56 Å². The van der Waals surface area contributed by atoms with Crippen molar-refractivity contribution < 1.29 is 35.1 Å². The first kappa shape index (κ1) is 23.5. The quantitative estimate of drug-likeness (QED) is 0.339. The van der Waals surface area contributed by atoms with E-state index in [-0.39, 0.29) is 23.3 Å². The van der Waals surface area contributed by atoms with Crippen LogP contribution in [0.5, 0.6) is 0 Å². The smallest absolute Gasteiger partial charge is 0.206 e. The van der Waals surface area contributed by atoms with Crippen molar-refractivity contribution in [3.63, 3.8) is 0 Å². The Labute approximate surface area is 178 Å². The number of halogens is 8. The van der Waals surface area contributed by atoms with E-state index in [9.17, 15) is 35.1 Å². The summed E-state index contributed by atoms with van der Waals surface area (Å²) in [5.74, 6) is -5.97. The van der Waals surface area contributed by atoms with Crippen molar-refractivity contribution >= 4 is 6.08 Å². The molecule has 0 radical (unpaired) electrons. The van der Waals surface area contributed by atoms with Crippen molar-refractivity contribution in [3.05, 3.63) is 88.8 Å². The van der Waals surface area contributed by atoms with Crippen molar-refractivity contribution in [2.24, 2.45) is 0 Å². The van der Waals surface area contributed by atoms with Crippen molar-refractivity contribution in [1.29, 1.82) is 0 Å². The van der Waals surface area contributed by atoms with Gasteiger partial charge in [-0.2, -0.15) is 13.2 Å². The summed E-state index contributed by atoms with van der Waals surface area (Å²) in [5, 5.41) is 0. The van der Waals surface area contributed by atoms with Gasteiger partial charge in [0.1, 0.15) is 29.1 Å². The minimum atomic E-state index is -4.80. The van der Waals surface area contributed by atoms with Crippen LogP contribution in [-0.4, -0.2) is 6.18 Å². The van der Waals surface area contributed by atoms with Crippen molar-refractivity contribution in [1.82, 2.24) is 0 Å². The van der Waals surface area contributed by atoms with E-state index in [0.717, 1.165) is 24.1 Å². The molecule has 8 heteroatoms. The normalized spacial score (nSPS) is 12.0. The van der Waals surface area contributed by atoms with E-state index in [4.69, 9.17) is 0 Å². The summed E-state index contributed by atoms with van der Waals surface area (Å²) >= 11 is 0. The van der Waals surface area contributed by atoms with Crippen LogP contribution >= 0.6 is 0 Å². The largest absolute Gasteiger partial charge is 0.409 e. The summed E-state index contributed by atoms with van der Waals surface area (Å²) in [6.45, 7) is 1.92. The molecule has 3 aromatic rings. The highest BCUT2D eigenvalue weighted by molar-refractivity contribution is 5.73. The summed E-state index contributed by atoms with van der Waals surface area (Å²) in [6.07, 6.45) is -3.55. The molecule has 168 valence electrons. The lowest BCUT2D eigenvalue weighted by Gasteiger charge is -2.12. The standard InChI is InChI=1S/C24H16F8/c1-2-3-13-4-5-16(18(25)8-13)14-9-21(28)23(22(29)10-14)15-11-19(26)17(20(27)12-15)6-7-24(30,31)32/h4-12H,2-3H2,1H3/b7-6+. The Balaban J connectivity index is 2.03. The van der Waals surface area contributed by atoms with Crippen LogP contribution in [0.4, 0.5) is 35.1 Å². The SMILES string of the molecule is CCCc1ccc(-c2cc(F)c(-c3cc(F)c(/C=C/C(F)(F)F)c(F)c3)c(F)c2)c(F)c1. The number of aryl methyl sites for hydroxylation is 1. The van der Waals surface area contributed by atoms with Gasteiger partial charge >= 0.3 is 6.18 Å². The third-order valence-electron chi connectivity index (χ3n) is 4.73. The molecule has 0 saturated carbocycles. The van der Waals surface area contributed by atoms with E-state index < -0.39 is 52.0 Å². The zero-order chi connectivity index (χ0) is 23.6. The highest BCUT2D eigenvalue weighted by atomic mass is 19.4. The minimum Gasteiger partial charge on any atom is -0.206 e. The zero-order valence-electron chi connectivity index (χ0n) is 16.6. The predicted molar refractivity (Wildman–Crippen MR) is 106 cm³/mol. The Bertz CT molecular complexity index is 1130. The molecule has 32 heavy (non-hydrogen) atoms. The topological polar surface area (TPSA) is 0 Å². The molecule has 0 aliphatic rings. The highest BCUT2D eigenvalue weighted by Crippen LogP contribution is 2.34.